The molecule has 6 nitrogen and oxygen atoms in total. The van der Waals surface area contributed by atoms with E-state index in [2.05, 4.69) is 15.0 Å². The molecule has 0 fully saturated rings. The molecule has 0 atom stereocenters. The van der Waals surface area contributed by atoms with Crippen LogP contribution in [0, 0.1) is 0 Å². The standard InChI is InChI=1S/C19H16ClN5O/c1-3-25-10-13(16(24-25)12-7-5-4-6-8-12)17-18-14(21-11-22-17)9-15(26-2)19(20)23-18/h4-11H,3H2,1-2H3. The van der Waals surface area contributed by atoms with Gasteiger partial charge in [0.25, 0.3) is 0 Å². The van der Waals surface area contributed by atoms with Crippen molar-refractivity contribution in [3.05, 3.63) is 54.1 Å². The fraction of sp³-hybridized carbons (Fsp3) is 0.158. The van der Waals surface area contributed by atoms with Crippen LogP contribution in [0.4, 0.5) is 0 Å². The Morgan fingerprint density at radius 1 is 1.12 bits per heavy atom. The average molecular weight is 366 g/mol. The van der Waals surface area contributed by atoms with Crippen LogP contribution >= 0.6 is 11.6 Å². The molecular formula is C19H16ClN5O. The number of methoxy groups -OCH3 is 1. The molecule has 0 aliphatic rings. The molecule has 7 heteroatoms. The van der Waals surface area contributed by atoms with Crippen molar-refractivity contribution in [3.63, 3.8) is 0 Å². The quantitative estimate of drug-likeness (QED) is 0.506. The third kappa shape index (κ3) is 2.78. The number of halogens is 1. The molecular weight excluding hydrogens is 350 g/mol. The van der Waals surface area contributed by atoms with E-state index in [1.165, 1.54) is 6.33 Å². The summed E-state index contributed by atoms with van der Waals surface area (Å²) in [5.74, 6) is 0.483. The molecule has 0 saturated heterocycles. The Labute approximate surface area is 155 Å². The van der Waals surface area contributed by atoms with Gasteiger partial charge in [-0.3, -0.25) is 4.68 Å². The number of nitrogens with zero attached hydrogens (tertiary/aromatic N) is 5. The Morgan fingerprint density at radius 3 is 2.65 bits per heavy atom. The van der Waals surface area contributed by atoms with Crippen molar-refractivity contribution < 1.29 is 4.74 Å². The molecule has 0 unspecified atom stereocenters. The Morgan fingerprint density at radius 2 is 1.92 bits per heavy atom. The van der Waals surface area contributed by atoms with Crippen LogP contribution in [0.3, 0.4) is 0 Å². The molecule has 0 radical (unpaired) electrons. The summed E-state index contributed by atoms with van der Waals surface area (Å²) in [4.78, 5) is 13.3. The highest BCUT2D eigenvalue weighted by Crippen LogP contribution is 2.35. The Kier molecular flexibility index (Phi) is 4.26. The summed E-state index contributed by atoms with van der Waals surface area (Å²) >= 11 is 6.24. The summed E-state index contributed by atoms with van der Waals surface area (Å²) < 4.78 is 7.13. The van der Waals surface area contributed by atoms with Crippen molar-refractivity contribution in [3.8, 4) is 28.3 Å². The third-order valence-corrected chi connectivity index (χ3v) is 4.41. The highest BCUT2D eigenvalue weighted by molar-refractivity contribution is 6.31. The minimum absolute atomic E-state index is 0.278. The van der Waals surface area contributed by atoms with Crippen LogP contribution in [-0.4, -0.2) is 31.8 Å². The number of benzene rings is 1. The van der Waals surface area contributed by atoms with E-state index < -0.39 is 0 Å². The van der Waals surface area contributed by atoms with Gasteiger partial charge in [-0.25, -0.2) is 15.0 Å². The fourth-order valence-corrected chi connectivity index (χ4v) is 3.07. The molecule has 0 saturated carbocycles. The van der Waals surface area contributed by atoms with E-state index in [-0.39, 0.29) is 5.15 Å². The van der Waals surface area contributed by atoms with Gasteiger partial charge in [-0.1, -0.05) is 41.9 Å². The van der Waals surface area contributed by atoms with Crippen LogP contribution < -0.4 is 4.74 Å². The van der Waals surface area contributed by atoms with E-state index in [1.54, 1.807) is 13.2 Å². The highest BCUT2D eigenvalue weighted by atomic mass is 35.5. The third-order valence-electron chi connectivity index (χ3n) is 4.14. The second kappa shape index (κ2) is 6.72. The minimum atomic E-state index is 0.278. The van der Waals surface area contributed by atoms with E-state index in [0.717, 1.165) is 23.4 Å². The van der Waals surface area contributed by atoms with Crippen LogP contribution in [0.25, 0.3) is 33.5 Å². The van der Waals surface area contributed by atoms with Gasteiger partial charge >= 0.3 is 0 Å². The molecule has 3 aromatic heterocycles. The molecule has 0 N–H and O–H groups in total. The smallest absolute Gasteiger partial charge is 0.171 e. The predicted octanol–water partition coefficient (Wildman–Crippen LogP) is 4.24. The molecule has 26 heavy (non-hydrogen) atoms. The molecule has 4 aromatic rings. The largest absolute Gasteiger partial charge is 0.493 e. The highest BCUT2D eigenvalue weighted by Gasteiger charge is 2.18. The fourth-order valence-electron chi connectivity index (χ4n) is 2.85. The van der Waals surface area contributed by atoms with Gasteiger partial charge in [0.05, 0.1) is 12.6 Å². The molecule has 0 spiro atoms. The van der Waals surface area contributed by atoms with Gasteiger partial charge in [0.1, 0.15) is 23.2 Å². The molecule has 1 aromatic carbocycles. The summed E-state index contributed by atoms with van der Waals surface area (Å²) in [5.41, 5.74) is 4.73. The average Bonchev–Trinajstić information content (AvgIpc) is 3.12. The van der Waals surface area contributed by atoms with Gasteiger partial charge in [-0.2, -0.15) is 5.10 Å². The zero-order valence-electron chi connectivity index (χ0n) is 14.3. The lowest BCUT2D eigenvalue weighted by molar-refractivity contribution is 0.414. The second-order valence-electron chi connectivity index (χ2n) is 5.68. The first-order valence-electron chi connectivity index (χ1n) is 8.19. The maximum Gasteiger partial charge on any atom is 0.171 e. The molecule has 130 valence electrons. The van der Waals surface area contributed by atoms with Gasteiger partial charge < -0.3 is 4.74 Å². The van der Waals surface area contributed by atoms with Crippen molar-refractivity contribution in [2.75, 3.05) is 7.11 Å². The number of fused-ring (bicyclic) bond motifs is 1. The van der Waals surface area contributed by atoms with Gasteiger partial charge in [0.2, 0.25) is 0 Å². The van der Waals surface area contributed by atoms with Crippen LogP contribution in [0.15, 0.2) is 48.9 Å². The number of hydrogen-bond acceptors (Lipinski definition) is 5. The van der Waals surface area contributed by atoms with Gasteiger partial charge in [-0.15, -0.1) is 0 Å². The molecule has 0 aliphatic heterocycles. The number of pyridine rings is 1. The van der Waals surface area contributed by atoms with Crippen molar-refractivity contribution in [2.45, 2.75) is 13.5 Å². The van der Waals surface area contributed by atoms with E-state index >= 15 is 0 Å². The molecule has 0 aliphatic carbocycles. The number of hydrogen-bond donors (Lipinski definition) is 0. The lowest BCUT2D eigenvalue weighted by Gasteiger charge is -2.07. The normalized spacial score (nSPS) is 11.0. The van der Waals surface area contributed by atoms with Crippen molar-refractivity contribution >= 4 is 22.6 Å². The zero-order chi connectivity index (χ0) is 18.1. The molecule has 0 bridgehead atoms. The van der Waals surface area contributed by atoms with Gasteiger partial charge in [0.15, 0.2) is 10.9 Å². The molecule has 4 rings (SSSR count). The van der Waals surface area contributed by atoms with Gasteiger partial charge in [0, 0.05) is 29.9 Å². The Balaban J connectivity index is 1.99. The van der Waals surface area contributed by atoms with Crippen LogP contribution in [0.5, 0.6) is 5.75 Å². The van der Waals surface area contributed by atoms with Crippen LogP contribution in [0.1, 0.15) is 6.92 Å². The topological polar surface area (TPSA) is 65.7 Å². The van der Waals surface area contributed by atoms with E-state index in [4.69, 9.17) is 21.4 Å². The summed E-state index contributed by atoms with van der Waals surface area (Å²) in [5, 5.41) is 4.99. The van der Waals surface area contributed by atoms with E-state index in [9.17, 15) is 0 Å². The van der Waals surface area contributed by atoms with Gasteiger partial charge in [-0.05, 0) is 6.92 Å². The monoisotopic (exact) mass is 365 g/mol. The number of aromatic nitrogens is 5. The first-order chi connectivity index (χ1) is 12.7. The van der Waals surface area contributed by atoms with E-state index in [1.807, 2.05) is 48.1 Å². The van der Waals surface area contributed by atoms with E-state index in [0.29, 0.717) is 22.5 Å². The Hall–Kier alpha value is -2.99. The Bertz CT molecular complexity index is 1080. The second-order valence-corrected chi connectivity index (χ2v) is 6.04. The first-order valence-corrected chi connectivity index (χ1v) is 8.57. The maximum absolute atomic E-state index is 6.24. The maximum atomic E-state index is 6.24. The summed E-state index contributed by atoms with van der Waals surface area (Å²) in [6, 6.07) is 11.8. The minimum Gasteiger partial charge on any atom is -0.493 e. The SMILES string of the molecule is CCn1cc(-c2ncnc3cc(OC)c(Cl)nc23)c(-c2ccccc2)n1. The summed E-state index contributed by atoms with van der Waals surface area (Å²) in [7, 11) is 1.55. The first kappa shape index (κ1) is 16.5. The predicted molar refractivity (Wildman–Crippen MR) is 101 cm³/mol. The lowest BCUT2D eigenvalue weighted by atomic mass is 10.0. The van der Waals surface area contributed by atoms with Crippen LogP contribution in [0.2, 0.25) is 5.15 Å². The lowest BCUT2D eigenvalue weighted by Crippen LogP contribution is -1.95. The van der Waals surface area contributed by atoms with Crippen molar-refractivity contribution in [1.29, 1.82) is 0 Å². The summed E-state index contributed by atoms with van der Waals surface area (Å²) in [6.07, 6.45) is 3.49. The van der Waals surface area contributed by atoms with Crippen molar-refractivity contribution in [2.24, 2.45) is 0 Å². The van der Waals surface area contributed by atoms with Crippen molar-refractivity contribution in [1.82, 2.24) is 24.7 Å². The molecule has 3 heterocycles. The van der Waals surface area contributed by atoms with Crippen LogP contribution in [-0.2, 0) is 6.54 Å². The zero-order valence-corrected chi connectivity index (χ0v) is 15.1. The molecule has 0 amide bonds. The number of aryl methyl sites for hydroxylation is 1. The summed E-state index contributed by atoms with van der Waals surface area (Å²) in [6.45, 7) is 2.80. The number of rotatable bonds is 4. The number of ether oxygens (including phenoxy) is 1.